The minimum atomic E-state index is -1.87. The maximum absolute atomic E-state index is 14.9. The van der Waals surface area contributed by atoms with E-state index >= 15 is 0 Å². The van der Waals surface area contributed by atoms with E-state index in [0.717, 1.165) is 24.4 Å². The monoisotopic (exact) mass is 485 g/mol. The van der Waals surface area contributed by atoms with Gasteiger partial charge in [-0.15, -0.1) is 0 Å². The van der Waals surface area contributed by atoms with E-state index in [4.69, 9.17) is 4.74 Å². The Morgan fingerprint density at radius 1 is 1.06 bits per heavy atom. The number of rotatable bonds is 8. The highest BCUT2D eigenvalue weighted by atomic mass is 19.2. The predicted molar refractivity (Wildman–Crippen MR) is 120 cm³/mol. The molecule has 1 fully saturated rings. The van der Waals surface area contributed by atoms with Gasteiger partial charge in [0.1, 0.15) is 11.4 Å². The number of likely N-dealkylation sites (N-methyl/N-ethyl adjacent to an activating group) is 1. The number of hydrogen-bond donors (Lipinski definition) is 0. The van der Waals surface area contributed by atoms with Crippen LogP contribution in [0.3, 0.4) is 0 Å². The maximum atomic E-state index is 14.9. The van der Waals surface area contributed by atoms with Crippen molar-refractivity contribution in [3.8, 4) is 5.75 Å². The van der Waals surface area contributed by atoms with E-state index < -0.39 is 46.3 Å². The number of amides is 1. The molecule has 0 aliphatic carbocycles. The third kappa shape index (κ3) is 4.96. The second-order valence-electron chi connectivity index (χ2n) is 8.51. The Bertz CT molecular complexity index is 1030. The van der Waals surface area contributed by atoms with Crippen molar-refractivity contribution in [1.82, 2.24) is 4.90 Å². The Hall–Kier alpha value is -2.88. The van der Waals surface area contributed by atoms with Crippen LogP contribution in [-0.2, 0) is 0 Å². The molecule has 0 radical (unpaired) electrons. The summed E-state index contributed by atoms with van der Waals surface area (Å²) < 4.78 is 77.7. The lowest BCUT2D eigenvalue weighted by Gasteiger charge is -2.24. The average molecular weight is 485 g/mol. The quantitative estimate of drug-likeness (QED) is 0.300. The van der Waals surface area contributed by atoms with E-state index in [1.807, 2.05) is 19.0 Å². The third-order valence-electron chi connectivity index (χ3n) is 6.04. The van der Waals surface area contributed by atoms with Crippen LogP contribution in [0, 0.1) is 29.1 Å². The number of hydrogen-bond acceptors (Lipinski definition) is 4. The zero-order chi connectivity index (χ0) is 25.2. The van der Waals surface area contributed by atoms with Crippen molar-refractivity contribution >= 4 is 17.3 Å². The molecule has 3 rings (SSSR count). The molecule has 0 bridgehead atoms. The molecule has 10 heteroatoms. The molecular weight excluding hydrogens is 457 g/mol. The Kier molecular flexibility index (Phi) is 8.01. The fourth-order valence-electron chi connectivity index (χ4n) is 3.87. The van der Waals surface area contributed by atoms with Crippen LogP contribution in [0.25, 0.3) is 0 Å². The Morgan fingerprint density at radius 2 is 1.71 bits per heavy atom. The third-order valence-corrected chi connectivity index (χ3v) is 6.04. The molecule has 186 valence electrons. The van der Waals surface area contributed by atoms with E-state index in [0.29, 0.717) is 31.6 Å². The zero-order valence-corrected chi connectivity index (χ0v) is 19.6. The highest BCUT2D eigenvalue weighted by Gasteiger charge is 2.33. The fraction of sp³-hybridized carbons (Fsp3) is 0.458. The molecule has 1 aliphatic rings. The van der Waals surface area contributed by atoms with Crippen molar-refractivity contribution in [3.63, 3.8) is 0 Å². The van der Waals surface area contributed by atoms with Crippen LogP contribution >= 0.6 is 0 Å². The molecule has 0 unspecified atom stereocenters. The smallest absolute Gasteiger partial charge is 0.264 e. The van der Waals surface area contributed by atoms with Gasteiger partial charge in [0, 0.05) is 31.9 Å². The van der Waals surface area contributed by atoms with Gasteiger partial charge in [0.2, 0.25) is 11.6 Å². The van der Waals surface area contributed by atoms with Gasteiger partial charge >= 0.3 is 0 Å². The number of ether oxygens (including phenoxy) is 1. The number of nitrogens with zero attached hydrogens (tertiary/aromatic N) is 3. The highest BCUT2D eigenvalue weighted by molar-refractivity contribution is 6.06. The summed E-state index contributed by atoms with van der Waals surface area (Å²) in [7, 11) is 5.03. The molecule has 1 saturated heterocycles. The van der Waals surface area contributed by atoms with Gasteiger partial charge in [-0.1, -0.05) is 13.3 Å². The lowest BCUT2D eigenvalue weighted by molar-refractivity contribution is 0.0981. The molecule has 1 heterocycles. The molecule has 0 spiro atoms. The van der Waals surface area contributed by atoms with Crippen LogP contribution in [0.5, 0.6) is 5.75 Å². The van der Waals surface area contributed by atoms with Gasteiger partial charge in [0.15, 0.2) is 17.4 Å². The van der Waals surface area contributed by atoms with Crippen molar-refractivity contribution in [1.29, 1.82) is 0 Å². The van der Waals surface area contributed by atoms with Crippen LogP contribution in [0.1, 0.15) is 36.5 Å². The van der Waals surface area contributed by atoms with Gasteiger partial charge in [-0.25, -0.2) is 13.2 Å². The zero-order valence-electron chi connectivity index (χ0n) is 19.6. The molecule has 0 aromatic heterocycles. The van der Waals surface area contributed by atoms with Gasteiger partial charge < -0.3 is 19.4 Å². The largest absolute Gasteiger partial charge is 0.487 e. The SMILES string of the molecule is CCCCOc1c(F)c(F)c(C(=O)N(C)c2ccc(N3CC[C@H](N(C)C)C3)c(F)c2)c(F)c1F. The van der Waals surface area contributed by atoms with E-state index in [1.165, 1.54) is 12.1 Å². The first kappa shape index (κ1) is 25.7. The number of halogens is 5. The Labute approximate surface area is 195 Å². The molecule has 0 N–H and O–H groups in total. The summed E-state index contributed by atoms with van der Waals surface area (Å²) in [6, 6.07) is 4.18. The van der Waals surface area contributed by atoms with Crippen molar-refractivity contribution in [2.24, 2.45) is 0 Å². The summed E-state index contributed by atoms with van der Waals surface area (Å²) >= 11 is 0. The number of anilines is 2. The minimum absolute atomic E-state index is 0.0301. The number of benzene rings is 2. The van der Waals surface area contributed by atoms with Crippen LogP contribution < -0.4 is 14.5 Å². The first-order chi connectivity index (χ1) is 16.1. The molecule has 34 heavy (non-hydrogen) atoms. The standard InChI is InChI=1S/C24H28F5N3O2/c1-5-6-11-34-23-21(28)19(26)18(20(27)22(23)29)24(33)31(4)14-7-8-17(16(25)12-14)32-10-9-15(13-32)30(2)3/h7-8,12,15H,5-6,9-11,13H2,1-4H3/t15-/m0/s1. The number of carbonyl (C=O) groups excluding carboxylic acids is 1. The number of unbranched alkanes of at least 4 members (excludes halogenated alkanes) is 1. The molecule has 1 aliphatic heterocycles. The van der Waals surface area contributed by atoms with Crippen molar-refractivity contribution in [3.05, 3.63) is 52.8 Å². The Morgan fingerprint density at radius 3 is 2.24 bits per heavy atom. The summed E-state index contributed by atoms with van der Waals surface area (Å²) in [6.07, 6.45) is 1.92. The summed E-state index contributed by atoms with van der Waals surface area (Å²) in [5, 5.41) is 0. The van der Waals surface area contributed by atoms with Crippen LogP contribution in [0.15, 0.2) is 18.2 Å². The molecule has 2 aromatic rings. The van der Waals surface area contributed by atoms with Gasteiger partial charge in [0.25, 0.3) is 5.91 Å². The van der Waals surface area contributed by atoms with Crippen LogP contribution in [-0.4, -0.2) is 57.7 Å². The first-order valence-electron chi connectivity index (χ1n) is 11.1. The topological polar surface area (TPSA) is 36.0 Å². The lowest BCUT2D eigenvalue weighted by Crippen LogP contribution is -2.32. The molecule has 2 aromatic carbocycles. The molecule has 5 nitrogen and oxygen atoms in total. The maximum Gasteiger partial charge on any atom is 0.264 e. The minimum Gasteiger partial charge on any atom is -0.487 e. The predicted octanol–water partition coefficient (Wildman–Crippen LogP) is 4.98. The van der Waals surface area contributed by atoms with E-state index in [-0.39, 0.29) is 18.3 Å². The second kappa shape index (κ2) is 10.6. The molecule has 1 atom stereocenters. The summed E-state index contributed by atoms with van der Waals surface area (Å²) in [5.74, 6) is -10.5. The van der Waals surface area contributed by atoms with Crippen molar-refractivity contribution in [2.75, 3.05) is 50.6 Å². The van der Waals surface area contributed by atoms with Gasteiger partial charge in [-0.3, -0.25) is 4.79 Å². The van der Waals surface area contributed by atoms with Crippen molar-refractivity contribution < 1.29 is 31.5 Å². The summed E-state index contributed by atoms with van der Waals surface area (Å²) in [4.78, 5) is 17.4. The molecule has 1 amide bonds. The average Bonchev–Trinajstić information content (AvgIpc) is 3.30. The fourth-order valence-corrected chi connectivity index (χ4v) is 3.87. The second-order valence-corrected chi connectivity index (χ2v) is 8.51. The summed E-state index contributed by atoms with van der Waals surface area (Å²) in [6.45, 7) is 2.93. The van der Waals surface area contributed by atoms with E-state index in [1.54, 1.807) is 6.92 Å². The summed E-state index contributed by atoms with van der Waals surface area (Å²) in [5.41, 5.74) is -1.12. The van der Waals surface area contributed by atoms with E-state index in [9.17, 15) is 26.7 Å². The van der Waals surface area contributed by atoms with Gasteiger partial charge in [0.05, 0.1) is 12.3 Å². The first-order valence-corrected chi connectivity index (χ1v) is 11.1. The van der Waals surface area contributed by atoms with Crippen LogP contribution in [0.4, 0.5) is 33.3 Å². The van der Waals surface area contributed by atoms with Crippen molar-refractivity contribution in [2.45, 2.75) is 32.2 Å². The lowest BCUT2D eigenvalue weighted by atomic mass is 10.1. The van der Waals surface area contributed by atoms with Gasteiger partial charge in [-0.2, -0.15) is 8.78 Å². The van der Waals surface area contributed by atoms with E-state index in [2.05, 4.69) is 4.90 Å². The molecule has 0 saturated carbocycles. The van der Waals surface area contributed by atoms with Gasteiger partial charge in [-0.05, 0) is 45.1 Å². The highest BCUT2D eigenvalue weighted by Crippen LogP contribution is 2.33. The van der Waals surface area contributed by atoms with Crippen LogP contribution in [0.2, 0.25) is 0 Å². The number of carbonyl (C=O) groups is 1. The molecular formula is C24H28F5N3O2. The normalized spacial score (nSPS) is 15.8. The Balaban J connectivity index is 1.86.